The van der Waals surface area contributed by atoms with Gasteiger partial charge in [-0.1, -0.05) is 11.6 Å². The Kier molecular flexibility index (Phi) is 3.19. The van der Waals surface area contributed by atoms with E-state index in [9.17, 15) is 9.18 Å². The molecule has 1 aliphatic heterocycles. The van der Waals surface area contributed by atoms with E-state index in [-0.39, 0.29) is 16.7 Å². The number of piperazine rings is 1. The fourth-order valence-corrected chi connectivity index (χ4v) is 2.33. The van der Waals surface area contributed by atoms with Gasteiger partial charge in [-0.2, -0.15) is 0 Å². The van der Waals surface area contributed by atoms with Crippen molar-refractivity contribution in [3.8, 4) is 0 Å². The zero-order valence-corrected chi connectivity index (χ0v) is 11.3. The summed E-state index contributed by atoms with van der Waals surface area (Å²) < 4.78 is 13.9. The van der Waals surface area contributed by atoms with Crippen molar-refractivity contribution in [2.45, 2.75) is 19.4 Å². The SMILES string of the molecule is CN1CCN(c2ncc(Cl)cc2F)C(C)(C)C1=O. The highest BCUT2D eigenvalue weighted by molar-refractivity contribution is 6.30. The third-order valence-electron chi connectivity index (χ3n) is 3.25. The van der Waals surface area contributed by atoms with Crippen molar-refractivity contribution in [2.75, 3.05) is 25.0 Å². The molecule has 1 aromatic heterocycles. The summed E-state index contributed by atoms with van der Waals surface area (Å²) in [5, 5.41) is 0.245. The first kappa shape index (κ1) is 13.1. The Morgan fingerprint density at radius 3 is 2.72 bits per heavy atom. The molecule has 1 aromatic rings. The Balaban J connectivity index is 2.41. The van der Waals surface area contributed by atoms with Gasteiger partial charge in [-0.15, -0.1) is 0 Å². The zero-order valence-electron chi connectivity index (χ0n) is 10.6. The summed E-state index contributed by atoms with van der Waals surface area (Å²) in [7, 11) is 1.74. The minimum atomic E-state index is -0.811. The third kappa shape index (κ3) is 2.03. The first-order chi connectivity index (χ1) is 8.34. The van der Waals surface area contributed by atoms with E-state index in [1.54, 1.807) is 30.7 Å². The Hall–Kier alpha value is -1.36. The predicted molar refractivity (Wildman–Crippen MR) is 68.3 cm³/mol. The molecule has 0 N–H and O–H groups in total. The molecular weight excluding hydrogens is 257 g/mol. The van der Waals surface area contributed by atoms with Gasteiger partial charge in [-0.25, -0.2) is 9.37 Å². The molecule has 2 heterocycles. The summed E-state index contributed by atoms with van der Waals surface area (Å²) in [4.78, 5) is 19.4. The van der Waals surface area contributed by atoms with Crippen LogP contribution in [-0.2, 0) is 4.79 Å². The van der Waals surface area contributed by atoms with Crippen molar-refractivity contribution in [1.82, 2.24) is 9.88 Å². The van der Waals surface area contributed by atoms with Gasteiger partial charge >= 0.3 is 0 Å². The maximum Gasteiger partial charge on any atom is 0.247 e. The summed E-state index contributed by atoms with van der Waals surface area (Å²) in [6.45, 7) is 4.62. The van der Waals surface area contributed by atoms with Crippen LogP contribution in [0.25, 0.3) is 0 Å². The smallest absolute Gasteiger partial charge is 0.247 e. The van der Waals surface area contributed by atoms with Crippen LogP contribution in [0.4, 0.5) is 10.2 Å². The van der Waals surface area contributed by atoms with E-state index in [4.69, 9.17) is 11.6 Å². The minimum Gasteiger partial charge on any atom is -0.342 e. The van der Waals surface area contributed by atoms with Crippen molar-refractivity contribution in [3.05, 3.63) is 23.1 Å². The number of hydrogen-bond acceptors (Lipinski definition) is 3. The number of aromatic nitrogens is 1. The van der Waals surface area contributed by atoms with Crippen LogP contribution in [0.3, 0.4) is 0 Å². The molecule has 1 aliphatic rings. The number of anilines is 1. The minimum absolute atomic E-state index is 0.0510. The van der Waals surface area contributed by atoms with Crippen LogP contribution in [0.15, 0.2) is 12.3 Å². The average molecular weight is 272 g/mol. The van der Waals surface area contributed by atoms with Gasteiger partial charge in [0.25, 0.3) is 0 Å². The maximum absolute atomic E-state index is 13.9. The number of halogens is 2. The lowest BCUT2D eigenvalue weighted by atomic mass is 9.98. The highest BCUT2D eigenvalue weighted by atomic mass is 35.5. The first-order valence-electron chi connectivity index (χ1n) is 5.68. The molecule has 6 heteroatoms. The Morgan fingerprint density at radius 2 is 2.11 bits per heavy atom. The van der Waals surface area contributed by atoms with Gasteiger partial charge < -0.3 is 9.80 Å². The molecule has 98 valence electrons. The van der Waals surface area contributed by atoms with Gasteiger partial charge in [0.1, 0.15) is 5.54 Å². The van der Waals surface area contributed by atoms with Crippen molar-refractivity contribution in [3.63, 3.8) is 0 Å². The monoisotopic (exact) mass is 271 g/mol. The van der Waals surface area contributed by atoms with Gasteiger partial charge in [0, 0.05) is 26.3 Å². The number of carbonyl (C=O) groups is 1. The molecule has 4 nitrogen and oxygen atoms in total. The van der Waals surface area contributed by atoms with Gasteiger partial charge in [0.05, 0.1) is 5.02 Å². The topological polar surface area (TPSA) is 36.4 Å². The molecule has 0 unspecified atom stereocenters. The third-order valence-corrected chi connectivity index (χ3v) is 3.45. The number of carbonyl (C=O) groups excluding carboxylic acids is 1. The van der Waals surface area contributed by atoms with Gasteiger partial charge in [-0.05, 0) is 19.9 Å². The second-order valence-electron chi connectivity index (χ2n) is 4.90. The van der Waals surface area contributed by atoms with Crippen LogP contribution in [0.5, 0.6) is 0 Å². The number of rotatable bonds is 1. The summed E-state index contributed by atoms with van der Waals surface area (Å²) in [6, 6.07) is 1.21. The van der Waals surface area contributed by atoms with Crippen molar-refractivity contribution >= 4 is 23.3 Å². The Labute approximate surface area is 110 Å². The van der Waals surface area contributed by atoms with Crippen LogP contribution < -0.4 is 4.90 Å². The molecule has 0 radical (unpaired) electrons. The van der Waals surface area contributed by atoms with E-state index in [0.717, 1.165) is 0 Å². The average Bonchev–Trinajstić information content (AvgIpc) is 2.28. The van der Waals surface area contributed by atoms with E-state index < -0.39 is 11.4 Å². The Bertz CT molecular complexity index is 492. The van der Waals surface area contributed by atoms with Crippen molar-refractivity contribution < 1.29 is 9.18 Å². The summed E-state index contributed by atoms with van der Waals surface area (Å²) >= 11 is 5.68. The fourth-order valence-electron chi connectivity index (χ4n) is 2.19. The maximum atomic E-state index is 13.9. The highest BCUT2D eigenvalue weighted by Gasteiger charge is 2.42. The zero-order chi connectivity index (χ0) is 13.5. The van der Waals surface area contributed by atoms with Crippen molar-refractivity contribution in [1.29, 1.82) is 0 Å². The van der Waals surface area contributed by atoms with E-state index >= 15 is 0 Å². The summed E-state index contributed by atoms with van der Waals surface area (Å²) in [5.74, 6) is -0.385. The van der Waals surface area contributed by atoms with E-state index in [0.29, 0.717) is 13.1 Å². The van der Waals surface area contributed by atoms with Gasteiger partial charge in [-0.3, -0.25) is 4.79 Å². The van der Waals surface area contributed by atoms with E-state index in [2.05, 4.69) is 4.98 Å². The molecule has 0 bridgehead atoms. The molecule has 2 rings (SSSR count). The van der Waals surface area contributed by atoms with Crippen LogP contribution >= 0.6 is 11.6 Å². The van der Waals surface area contributed by atoms with Crippen LogP contribution in [0.2, 0.25) is 5.02 Å². The fraction of sp³-hybridized carbons (Fsp3) is 0.500. The van der Waals surface area contributed by atoms with Crippen molar-refractivity contribution in [2.24, 2.45) is 0 Å². The molecule has 0 spiro atoms. The molecular formula is C12H15ClFN3O. The van der Waals surface area contributed by atoms with Crippen LogP contribution in [0.1, 0.15) is 13.8 Å². The lowest BCUT2D eigenvalue weighted by Gasteiger charge is -2.45. The second-order valence-corrected chi connectivity index (χ2v) is 5.33. The number of hydrogen-bond donors (Lipinski definition) is 0. The molecule has 0 aliphatic carbocycles. The number of nitrogens with zero attached hydrogens (tertiary/aromatic N) is 3. The van der Waals surface area contributed by atoms with E-state index in [1.165, 1.54) is 12.3 Å². The van der Waals surface area contributed by atoms with Gasteiger partial charge in [0.15, 0.2) is 11.6 Å². The molecule has 0 aromatic carbocycles. The molecule has 18 heavy (non-hydrogen) atoms. The first-order valence-corrected chi connectivity index (χ1v) is 6.06. The molecule has 0 atom stereocenters. The molecule has 1 saturated heterocycles. The van der Waals surface area contributed by atoms with Crippen LogP contribution in [-0.4, -0.2) is 41.5 Å². The molecule has 1 amide bonds. The molecule has 0 saturated carbocycles. The highest BCUT2D eigenvalue weighted by Crippen LogP contribution is 2.29. The van der Waals surface area contributed by atoms with E-state index in [1.807, 2.05) is 0 Å². The number of likely N-dealkylation sites (N-methyl/N-ethyl adjacent to an activating group) is 1. The normalized spacial score (nSPS) is 19.3. The quantitative estimate of drug-likeness (QED) is 0.783. The van der Waals surface area contributed by atoms with Gasteiger partial charge in [0.2, 0.25) is 5.91 Å². The standard InChI is InChI=1S/C12H15ClFN3O/c1-12(2)11(18)16(3)4-5-17(12)10-9(14)6-8(13)7-15-10/h6-7H,4-5H2,1-3H3. The summed E-state index contributed by atoms with van der Waals surface area (Å²) in [5.41, 5.74) is -0.811. The van der Waals surface area contributed by atoms with Crippen LogP contribution in [0, 0.1) is 5.82 Å². The largest absolute Gasteiger partial charge is 0.342 e. The molecule has 1 fully saturated rings. The second kappa shape index (κ2) is 4.39. The number of pyridine rings is 1. The lowest BCUT2D eigenvalue weighted by Crippen LogP contribution is -2.62. The lowest BCUT2D eigenvalue weighted by molar-refractivity contribution is -0.136. The Morgan fingerprint density at radius 1 is 1.44 bits per heavy atom. The number of amides is 1. The summed E-state index contributed by atoms with van der Waals surface area (Å²) in [6.07, 6.45) is 1.39. The predicted octanol–water partition coefficient (Wildman–Crippen LogP) is 1.93.